The Labute approximate surface area is 178 Å². The number of hydrogen-bond donors (Lipinski definition) is 2. The fourth-order valence-corrected chi connectivity index (χ4v) is 5.76. The van der Waals surface area contributed by atoms with Gasteiger partial charge in [-0.05, 0) is 30.3 Å². The molecule has 3 rings (SSSR count). The SMILES string of the molecule is NC(=O)c1cn(CCNS(=O)(=O)c2c(Cl)cc(Br)cc2Cl)c2ccc(F)cc12. The second-order valence-electron chi connectivity index (χ2n) is 5.86. The smallest absolute Gasteiger partial charge is 0.250 e. The molecular weight excluding hydrogens is 496 g/mol. The third-order valence-electron chi connectivity index (χ3n) is 3.99. The molecule has 0 spiro atoms. The maximum absolute atomic E-state index is 13.5. The van der Waals surface area contributed by atoms with Crippen LogP contribution in [0.1, 0.15) is 10.4 Å². The molecule has 28 heavy (non-hydrogen) atoms. The summed E-state index contributed by atoms with van der Waals surface area (Å²) in [5.41, 5.74) is 6.04. The van der Waals surface area contributed by atoms with Gasteiger partial charge >= 0.3 is 0 Å². The van der Waals surface area contributed by atoms with Crippen LogP contribution in [0.3, 0.4) is 0 Å². The number of nitrogens with two attached hydrogens (primary N) is 1. The van der Waals surface area contributed by atoms with E-state index >= 15 is 0 Å². The molecule has 148 valence electrons. The van der Waals surface area contributed by atoms with Gasteiger partial charge in [0, 0.05) is 34.7 Å². The van der Waals surface area contributed by atoms with E-state index in [0.717, 1.165) is 0 Å². The fourth-order valence-electron chi connectivity index (χ4n) is 2.81. The molecule has 0 bridgehead atoms. The number of primary amides is 1. The van der Waals surface area contributed by atoms with Crippen LogP contribution in [0.5, 0.6) is 0 Å². The molecule has 0 aliphatic carbocycles. The quantitative estimate of drug-likeness (QED) is 0.528. The van der Waals surface area contributed by atoms with E-state index in [0.29, 0.717) is 15.4 Å². The van der Waals surface area contributed by atoms with Gasteiger partial charge in [0.05, 0.1) is 15.6 Å². The highest BCUT2D eigenvalue weighted by Gasteiger charge is 2.22. The summed E-state index contributed by atoms with van der Waals surface area (Å²) in [4.78, 5) is 11.4. The number of nitrogens with zero attached hydrogens (tertiary/aromatic N) is 1. The van der Waals surface area contributed by atoms with Crippen LogP contribution in [0.25, 0.3) is 10.9 Å². The molecule has 1 amide bonds. The number of carbonyl (C=O) groups excluding carboxylic acids is 1. The molecule has 3 aromatic rings. The first-order valence-electron chi connectivity index (χ1n) is 7.82. The van der Waals surface area contributed by atoms with Crippen molar-refractivity contribution in [3.63, 3.8) is 0 Å². The summed E-state index contributed by atoms with van der Waals surface area (Å²) in [6.07, 6.45) is 1.46. The largest absolute Gasteiger partial charge is 0.366 e. The summed E-state index contributed by atoms with van der Waals surface area (Å²) < 4.78 is 43.2. The molecule has 0 saturated carbocycles. The first-order chi connectivity index (χ1) is 13.1. The number of rotatable bonds is 6. The first kappa shape index (κ1) is 21.1. The Bertz CT molecular complexity index is 1170. The van der Waals surface area contributed by atoms with Gasteiger partial charge in [-0.3, -0.25) is 4.79 Å². The van der Waals surface area contributed by atoms with Crippen LogP contribution in [0, 0.1) is 5.82 Å². The van der Waals surface area contributed by atoms with Crippen LogP contribution < -0.4 is 10.5 Å². The second-order valence-corrected chi connectivity index (χ2v) is 9.29. The maximum Gasteiger partial charge on any atom is 0.250 e. The Hall–Kier alpha value is -1.65. The Morgan fingerprint density at radius 1 is 1.21 bits per heavy atom. The molecule has 3 N–H and O–H groups in total. The number of benzene rings is 2. The zero-order chi connectivity index (χ0) is 20.6. The predicted octanol–water partition coefficient (Wildman–Crippen LogP) is 3.93. The van der Waals surface area contributed by atoms with E-state index in [9.17, 15) is 17.6 Å². The van der Waals surface area contributed by atoms with Gasteiger partial charge in [-0.25, -0.2) is 17.5 Å². The van der Waals surface area contributed by atoms with E-state index in [1.807, 2.05) is 0 Å². The Kier molecular flexibility index (Phi) is 6.02. The molecule has 0 saturated heterocycles. The van der Waals surface area contributed by atoms with Gasteiger partial charge in [-0.2, -0.15) is 0 Å². The highest BCUT2D eigenvalue weighted by atomic mass is 79.9. The number of hydrogen-bond acceptors (Lipinski definition) is 3. The van der Waals surface area contributed by atoms with Gasteiger partial charge in [0.15, 0.2) is 0 Å². The average molecular weight is 509 g/mol. The van der Waals surface area contributed by atoms with Crippen molar-refractivity contribution in [2.45, 2.75) is 11.4 Å². The lowest BCUT2D eigenvalue weighted by atomic mass is 10.1. The highest BCUT2D eigenvalue weighted by Crippen LogP contribution is 2.32. The standard InChI is InChI=1S/C17H13BrCl2FN3O3S/c18-9-5-13(19)16(14(20)6-9)28(26,27)23-3-4-24-8-12(17(22)25)11-7-10(21)1-2-15(11)24/h1-2,5-8,23H,3-4H2,(H2,22,25). The lowest BCUT2D eigenvalue weighted by Gasteiger charge is -2.11. The number of sulfonamides is 1. The third-order valence-corrected chi connectivity index (χ3v) is 6.82. The van der Waals surface area contributed by atoms with Gasteiger partial charge in [0.1, 0.15) is 10.7 Å². The van der Waals surface area contributed by atoms with Gasteiger partial charge in [-0.15, -0.1) is 0 Å². The van der Waals surface area contributed by atoms with Crippen molar-refractivity contribution in [1.29, 1.82) is 0 Å². The van der Waals surface area contributed by atoms with Crippen molar-refractivity contribution in [3.8, 4) is 0 Å². The molecule has 0 atom stereocenters. The molecule has 1 aromatic heterocycles. The number of fused-ring (bicyclic) bond motifs is 1. The van der Waals surface area contributed by atoms with Crippen LogP contribution in [0.4, 0.5) is 4.39 Å². The van der Waals surface area contributed by atoms with E-state index in [-0.39, 0.29) is 33.6 Å². The van der Waals surface area contributed by atoms with Crippen molar-refractivity contribution in [2.24, 2.45) is 5.73 Å². The first-order valence-corrected chi connectivity index (χ1v) is 10.9. The van der Waals surface area contributed by atoms with Crippen LogP contribution in [-0.4, -0.2) is 25.4 Å². The molecule has 0 fully saturated rings. The van der Waals surface area contributed by atoms with Crippen molar-refractivity contribution < 1.29 is 17.6 Å². The van der Waals surface area contributed by atoms with E-state index in [4.69, 9.17) is 28.9 Å². The fraction of sp³-hybridized carbons (Fsp3) is 0.118. The lowest BCUT2D eigenvalue weighted by molar-refractivity contribution is 0.100. The van der Waals surface area contributed by atoms with Gasteiger partial charge < -0.3 is 10.3 Å². The molecule has 0 aliphatic rings. The molecule has 1 heterocycles. The van der Waals surface area contributed by atoms with Crippen LogP contribution >= 0.6 is 39.1 Å². The molecule has 11 heteroatoms. The van der Waals surface area contributed by atoms with Crippen molar-refractivity contribution in [3.05, 3.63) is 62.4 Å². The predicted molar refractivity (Wildman–Crippen MR) is 110 cm³/mol. The zero-order valence-corrected chi connectivity index (χ0v) is 18.0. The summed E-state index contributed by atoms with van der Waals surface area (Å²) in [5.74, 6) is -1.21. The van der Waals surface area contributed by atoms with Crippen molar-refractivity contribution >= 4 is 66.0 Å². The van der Waals surface area contributed by atoms with E-state index < -0.39 is 21.7 Å². The summed E-state index contributed by atoms with van der Waals surface area (Å²) in [6, 6.07) is 6.80. The minimum atomic E-state index is -3.98. The Balaban J connectivity index is 1.85. The Morgan fingerprint density at radius 3 is 2.46 bits per heavy atom. The summed E-state index contributed by atoms with van der Waals surface area (Å²) in [5, 5.41) is 0.309. The summed E-state index contributed by atoms with van der Waals surface area (Å²) in [7, 11) is -3.98. The van der Waals surface area contributed by atoms with Crippen LogP contribution in [-0.2, 0) is 16.6 Å². The maximum atomic E-state index is 13.5. The van der Waals surface area contributed by atoms with Gasteiger partial charge in [-0.1, -0.05) is 39.1 Å². The topological polar surface area (TPSA) is 94.2 Å². The highest BCUT2D eigenvalue weighted by molar-refractivity contribution is 9.10. The van der Waals surface area contributed by atoms with Crippen LogP contribution in [0.15, 0.2) is 45.9 Å². The monoisotopic (exact) mass is 507 g/mol. The normalized spacial score (nSPS) is 11.9. The second kappa shape index (κ2) is 8.00. The number of aromatic nitrogens is 1. The van der Waals surface area contributed by atoms with Crippen molar-refractivity contribution in [1.82, 2.24) is 9.29 Å². The van der Waals surface area contributed by atoms with Crippen molar-refractivity contribution in [2.75, 3.05) is 6.54 Å². The lowest BCUT2D eigenvalue weighted by Crippen LogP contribution is -2.28. The summed E-state index contributed by atoms with van der Waals surface area (Å²) in [6.45, 7) is 0.144. The molecule has 6 nitrogen and oxygen atoms in total. The zero-order valence-electron chi connectivity index (χ0n) is 14.0. The number of carbonyl (C=O) groups is 1. The third kappa shape index (κ3) is 4.18. The average Bonchev–Trinajstić information content (AvgIpc) is 2.91. The minimum Gasteiger partial charge on any atom is -0.366 e. The molecular formula is C17H13BrCl2FN3O3S. The number of amides is 1. The molecule has 0 radical (unpaired) electrons. The number of halogens is 4. The van der Waals surface area contributed by atoms with Crippen LogP contribution in [0.2, 0.25) is 10.0 Å². The van der Waals surface area contributed by atoms with E-state index in [1.54, 1.807) is 4.57 Å². The summed E-state index contributed by atoms with van der Waals surface area (Å²) >= 11 is 15.2. The number of nitrogens with one attached hydrogen (secondary N) is 1. The minimum absolute atomic E-state index is 0.0234. The Morgan fingerprint density at radius 2 is 1.86 bits per heavy atom. The molecule has 2 aromatic carbocycles. The van der Waals surface area contributed by atoms with E-state index in [2.05, 4.69) is 20.7 Å². The molecule has 0 unspecified atom stereocenters. The van der Waals surface area contributed by atoms with E-state index in [1.165, 1.54) is 36.5 Å². The van der Waals surface area contributed by atoms with Gasteiger partial charge in [0.2, 0.25) is 10.0 Å². The molecule has 0 aliphatic heterocycles. The van der Waals surface area contributed by atoms with Gasteiger partial charge in [0.25, 0.3) is 5.91 Å².